The quantitative estimate of drug-likeness (QED) is 0.906. The Kier molecular flexibility index (Phi) is 3.62. The van der Waals surface area contributed by atoms with E-state index in [1.165, 1.54) is 0 Å². The zero-order valence-electron chi connectivity index (χ0n) is 12.1. The van der Waals surface area contributed by atoms with Crippen molar-refractivity contribution in [3.8, 4) is 11.4 Å². The molecule has 1 aromatic carbocycles. The third-order valence-corrected chi connectivity index (χ3v) is 4.42. The van der Waals surface area contributed by atoms with E-state index in [1.807, 2.05) is 30.6 Å². The molecule has 1 saturated carbocycles. The highest BCUT2D eigenvalue weighted by molar-refractivity contribution is 5.55. The van der Waals surface area contributed by atoms with Crippen LogP contribution in [0.15, 0.2) is 42.7 Å². The molecule has 1 aliphatic carbocycles. The Morgan fingerprint density at radius 3 is 2.60 bits per heavy atom. The van der Waals surface area contributed by atoms with E-state index in [4.69, 9.17) is 0 Å². The number of rotatable bonds is 2. The van der Waals surface area contributed by atoms with Crippen molar-refractivity contribution in [1.29, 1.82) is 0 Å². The Bertz CT molecular complexity index is 551. The smallest absolute Gasteiger partial charge is 0.140 e. The summed E-state index contributed by atoms with van der Waals surface area (Å²) in [6.45, 7) is 4.46. The average molecular weight is 270 g/mol. The Labute approximate surface area is 120 Å². The number of benzene rings is 1. The predicted molar refractivity (Wildman–Crippen MR) is 80.3 cm³/mol. The molecule has 0 saturated heterocycles. The molecule has 0 bridgehead atoms. The van der Waals surface area contributed by atoms with E-state index in [9.17, 15) is 5.11 Å². The minimum absolute atomic E-state index is 0.129. The van der Waals surface area contributed by atoms with Gasteiger partial charge in [-0.25, -0.2) is 4.98 Å². The number of hydrogen-bond acceptors (Lipinski definition) is 2. The van der Waals surface area contributed by atoms with Gasteiger partial charge in [0.15, 0.2) is 0 Å². The van der Waals surface area contributed by atoms with Gasteiger partial charge in [-0.05, 0) is 24.7 Å². The molecular weight excluding hydrogens is 248 g/mol. The molecule has 1 aliphatic rings. The van der Waals surface area contributed by atoms with Crippen molar-refractivity contribution in [2.24, 2.45) is 11.8 Å². The third-order valence-electron chi connectivity index (χ3n) is 4.42. The van der Waals surface area contributed by atoms with Gasteiger partial charge >= 0.3 is 0 Å². The van der Waals surface area contributed by atoms with Gasteiger partial charge in [-0.2, -0.15) is 0 Å². The largest absolute Gasteiger partial charge is 0.391 e. The van der Waals surface area contributed by atoms with Gasteiger partial charge in [-0.15, -0.1) is 0 Å². The van der Waals surface area contributed by atoms with Gasteiger partial charge in [0.1, 0.15) is 5.82 Å². The predicted octanol–water partition coefficient (Wildman–Crippen LogP) is 3.52. The van der Waals surface area contributed by atoms with Crippen molar-refractivity contribution in [1.82, 2.24) is 9.55 Å². The summed E-state index contributed by atoms with van der Waals surface area (Å²) < 4.78 is 2.16. The first kappa shape index (κ1) is 13.4. The SMILES string of the molecule is CC1CC(C)C(n2ccnc2-c2ccccc2)C(O)C1. The van der Waals surface area contributed by atoms with Crippen LogP contribution in [0.5, 0.6) is 0 Å². The summed E-state index contributed by atoms with van der Waals surface area (Å²) >= 11 is 0. The fraction of sp³-hybridized carbons (Fsp3) is 0.471. The first-order valence-electron chi connectivity index (χ1n) is 7.43. The summed E-state index contributed by atoms with van der Waals surface area (Å²) in [6.07, 6.45) is 5.59. The van der Waals surface area contributed by atoms with E-state index >= 15 is 0 Å². The maximum absolute atomic E-state index is 10.5. The van der Waals surface area contributed by atoms with Crippen LogP contribution in [0.2, 0.25) is 0 Å². The van der Waals surface area contributed by atoms with Crippen molar-refractivity contribution in [2.75, 3.05) is 0 Å². The fourth-order valence-electron chi connectivity index (χ4n) is 3.63. The van der Waals surface area contributed by atoms with Gasteiger partial charge < -0.3 is 9.67 Å². The number of aliphatic hydroxyl groups excluding tert-OH is 1. The van der Waals surface area contributed by atoms with Crippen molar-refractivity contribution in [2.45, 2.75) is 38.8 Å². The van der Waals surface area contributed by atoms with Gasteiger partial charge in [-0.1, -0.05) is 44.2 Å². The van der Waals surface area contributed by atoms with Crippen LogP contribution in [0.1, 0.15) is 32.7 Å². The van der Waals surface area contributed by atoms with Crippen molar-refractivity contribution in [3.63, 3.8) is 0 Å². The molecule has 0 aliphatic heterocycles. The second-order valence-electron chi connectivity index (χ2n) is 6.14. The lowest BCUT2D eigenvalue weighted by Crippen LogP contribution is -2.36. The van der Waals surface area contributed by atoms with Crippen LogP contribution in [0.3, 0.4) is 0 Å². The molecule has 3 nitrogen and oxygen atoms in total. The van der Waals surface area contributed by atoms with Gasteiger partial charge in [0.25, 0.3) is 0 Å². The highest BCUT2D eigenvalue weighted by atomic mass is 16.3. The van der Waals surface area contributed by atoms with Crippen LogP contribution in [0, 0.1) is 11.8 Å². The monoisotopic (exact) mass is 270 g/mol. The van der Waals surface area contributed by atoms with E-state index < -0.39 is 0 Å². The van der Waals surface area contributed by atoms with Gasteiger partial charge in [-0.3, -0.25) is 0 Å². The first-order chi connectivity index (χ1) is 9.66. The van der Waals surface area contributed by atoms with Crippen LogP contribution < -0.4 is 0 Å². The minimum atomic E-state index is -0.287. The lowest BCUT2D eigenvalue weighted by molar-refractivity contribution is 0.0241. The molecule has 3 rings (SSSR count). The molecule has 1 aromatic heterocycles. The van der Waals surface area contributed by atoms with Crippen molar-refractivity contribution in [3.05, 3.63) is 42.7 Å². The number of imidazole rings is 1. The van der Waals surface area contributed by atoms with E-state index in [-0.39, 0.29) is 12.1 Å². The molecule has 2 aromatic rings. The van der Waals surface area contributed by atoms with Crippen LogP contribution >= 0.6 is 0 Å². The summed E-state index contributed by atoms with van der Waals surface area (Å²) in [5.41, 5.74) is 1.11. The maximum Gasteiger partial charge on any atom is 0.140 e. The minimum Gasteiger partial charge on any atom is -0.391 e. The second kappa shape index (κ2) is 5.41. The lowest BCUT2D eigenvalue weighted by Gasteiger charge is -2.38. The van der Waals surface area contributed by atoms with Crippen LogP contribution in [-0.4, -0.2) is 20.8 Å². The normalized spacial score (nSPS) is 30.4. The van der Waals surface area contributed by atoms with E-state index in [2.05, 4.69) is 35.5 Å². The Morgan fingerprint density at radius 2 is 1.90 bits per heavy atom. The zero-order valence-corrected chi connectivity index (χ0v) is 12.1. The lowest BCUT2D eigenvalue weighted by atomic mass is 9.77. The molecule has 106 valence electrons. The first-order valence-corrected chi connectivity index (χ1v) is 7.43. The summed E-state index contributed by atoms with van der Waals surface area (Å²) in [4.78, 5) is 4.50. The fourth-order valence-corrected chi connectivity index (χ4v) is 3.63. The summed E-state index contributed by atoms with van der Waals surface area (Å²) in [5, 5.41) is 10.5. The summed E-state index contributed by atoms with van der Waals surface area (Å²) in [6, 6.07) is 10.3. The standard InChI is InChI=1S/C17H22N2O/c1-12-10-13(2)16(15(20)11-12)19-9-8-18-17(19)14-6-4-3-5-7-14/h3-9,12-13,15-16,20H,10-11H2,1-2H3. The molecule has 1 heterocycles. The Hall–Kier alpha value is -1.61. The third kappa shape index (κ3) is 2.38. The van der Waals surface area contributed by atoms with Gasteiger partial charge in [0.05, 0.1) is 12.1 Å². The molecule has 4 atom stereocenters. The second-order valence-corrected chi connectivity index (χ2v) is 6.14. The van der Waals surface area contributed by atoms with E-state index in [1.54, 1.807) is 0 Å². The molecule has 4 unspecified atom stereocenters. The molecule has 3 heteroatoms. The summed E-state index contributed by atoms with van der Waals surface area (Å²) in [7, 11) is 0. The molecular formula is C17H22N2O. The zero-order chi connectivity index (χ0) is 14.1. The van der Waals surface area contributed by atoms with E-state index in [0.29, 0.717) is 11.8 Å². The number of nitrogens with zero attached hydrogens (tertiary/aromatic N) is 2. The molecule has 20 heavy (non-hydrogen) atoms. The topological polar surface area (TPSA) is 38.0 Å². The molecule has 0 amide bonds. The van der Waals surface area contributed by atoms with E-state index in [0.717, 1.165) is 24.2 Å². The molecule has 0 spiro atoms. The highest BCUT2D eigenvalue weighted by Crippen LogP contribution is 2.38. The van der Waals surface area contributed by atoms with Crippen LogP contribution in [-0.2, 0) is 0 Å². The average Bonchev–Trinajstić information content (AvgIpc) is 2.87. The number of aliphatic hydroxyl groups is 1. The molecule has 1 fully saturated rings. The van der Waals surface area contributed by atoms with Crippen LogP contribution in [0.4, 0.5) is 0 Å². The Morgan fingerprint density at radius 1 is 1.15 bits per heavy atom. The highest BCUT2D eigenvalue weighted by Gasteiger charge is 2.34. The number of hydrogen-bond donors (Lipinski definition) is 1. The summed E-state index contributed by atoms with van der Waals surface area (Å²) in [5.74, 6) is 2.02. The Balaban J connectivity index is 1.97. The molecule has 0 radical (unpaired) electrons. The maximum atomic E-state index is 10.5. The van der Waals surface area contributed by atoms with Gasteiger partial charge in [0.2, 0.25) is 0 Å². The van der Waals surface area contributed by atoms with Crippen molar-refractivity contribution >= 4 is 0 Å². The molecule has 1 N–H and O–H groups in total. The van der Waals surface area contributed by atoms with Crippen molar-refractivity contribution < 1.29 is 5.11 Å². The van der Waals surface area contributed by atoms with Crippen LogP contribution in [0.25, 0.3) is 11.4 Å². The number of aromatic nitrogens is 2. The van der Waals surface area contributed by atoms with Gasteiger partial charge in [0, 0.05) is 18.0 Å².